The van der Waals surface area contributed by atoms with Crippen molar-refractivity contribution in [2.45, 2.75) is 18.9 Å². The van der Waals surface area contributed by atoms with E-state index in [0.717, 1.165) is 10.8 Å². The van der Waals surface area contributed by atoms with Gasteiger partial charge in [-0.3, -0.25) is 4.72 Å². The first-order valence-corrected chi connectivity index (χ1v) is 12.6. The molecule has 0 spiro atoms. The third kappa shape index (κ3) is 4.03. The van der Waals surface area contributed by atoms with Crippen LogP contribution in [0.1, 0.15) is 13.3 Å². The van der Waals surface area contributed by atoms with Crippen molar-refractivity contribution in [3.63, 3.8) is 0 Å². The molecule has 1 aliphatic carbocycles. The number of benzene rings is 4. The molecule has 4 aromatic rings. The quantitative estimate of drug-likeness (QED) is 0.297. The Morgan fingerprint density at radius 1 is 0.943 bits per heavy atom. The van der Waals surface area contributed by atoms with E-state index in [1.54, 1.807) is 61.7 Å². The lowest BCUT2D eigenvalue weighted by Crippen LogP contribution is -2.27. The van der Waals surface area contributed by atoms with E-state index >= 15 is 0 Å². The molecule has 1 atom stereocenters. The summed E-state index contributed by atoms with van der Waals surface area (Å²) in [4.78, 5) is 0.138. The average Bonchev–Trinajstić information content (AvgIpc) is 2.86. The van der Waals surface area contributed by atoms with E-state index in [4.69, 9.17) is 4.74 Å². The maximum Gasteiger partial charge on any atom is 0.261 e. The summed E-state index contributed by atoms with van der Waals surface area (Å²) < 4.78 is 34.8. The third-order valence-electron chi connectivity index (χ3n) is 6.52. The van der Waals surface area contributed by atoms with Crippen LogP contribution in [-0.4, -0.2) is 31.3 Å². The number of aromatic hydroxyl groups is 2. The zero-order valence-electron chi connectivity index (χ0n) is 19.3. The highest BCUT2D eigenvalue weighted by Crippen LogP contribution is 2.46. The van der Waals surface area contributed by atoms with Crippen LogP contribution in [0.15, 0.2) is 89.9 Å². The number of phenols is 2. The average molecular weight is 488 g/mol. The number of rotatable bonds is 5. The lowest BCUT2D eigenvalue weighted by molar-refractivity contribution is 0.0504. The van der Waals surface area contributed by atoms with Gasteiger partial charge in [0.15, 0.2) is 0 Å². The van der Waals surface area contributed by atoms with E-state index < -0.39 is 15.6 Å². The van der Waals surface area contributed by atoms with Gasteiger partial charge < -0.3 is 14.9 Å². The number of hydrogen-bond acceptors (Lipinski definition) is 5. The van der Waals surface area contributed by atoms with Crippen molar-refractivity contribution in [3.8, 4) is 22.6 Å². The number of sulfonamides is 1. The zero-order valence-corrected chi connectivity index (χ0v) is 20.1. The number of ether oxygens (including phenoxy) is 1. The van der Waals surface area contributed by atoms with Crippen molar-refractivity contribution in [3.05, 3.63) is 89.9 Å². The van der Waals surface area contributed by atoms with E-state index in [1.165, 1.54) is 6.08 Å². The standard InChI is InChI=1S/C28H25NO5S/c1-28(34-2)15-13-19(14-16-28)35(32,33)29-24-17-23(27(31)22-10-6-5-9-21(22)24)26-20-8-4-3-7-18(20)11-12-25(26)30/h3-15,17,29-31H,16H2,1-2H3. The molecule has 5 rings (SSSR count). The van der Waals surface area contributed by atoms with Gasteiger partial charge in [0.25, 0.3) is 10.0 Å². The van der Waals surface area contributed by atoms with Gasteiger partial charge in [0.2, 0.25) is 0 Å². The molecule has 6 nitrogen and oxygen atoms in total. The Kier molecular flexibility index (Phi) is 5.54. The van der Waals surface area contributed by atoms with Crippen LogP contribution in [0, 0.1) is 0 Å². The van der Waals surface area contributed by atoms with Crippen LogP contribution in [0.25, 0.3) is 32.7 Å². The molecule has 0 aliphatic heterocycles. The Labute approximate surface area is 203 Å². The number of allylic oxidation sites excluding steroid dienone is 1. The number of methoxy groups -OCH3 is 1. The Hall–Kier alpha value is -3.81. The summed E-state index contributed by atoms with van der Waals surface area (Å²) in [5, 5.41) is 24.6. The van der Waals surface area contributed by atoms with Crippen molar-refractivity contribution in [1.82, 2.24) is 0 Å². The lowest BCUT2D eigenvalue weighted by Gasteiger charge is -2.26. The maximum absolute atomic E-state index is 13.3. The van der Waals surface area contributed by atoms with Gasteiger partial charge in [0.1, 0.15) is 11.5 Å². The molecular formula is C28H25NO5S. The van der Waals surface area contributed by atoms with Crippen molar-refractivity contribution in [2.75, 3.05) is 11.8 Å². The predicted octanol–water partition coefficient (Wildman–Crippen LogP) is 6.06. The van der Waals surface area contributed by atoms with Gasteiger partial charge in [-0.25, -0.2) is 8.42 Å². The Bertz CT molecular complexity index is 1640. The van der Waals surface area contributed by atoms with Crippen molar-refractivity contribution in [1.29, 1.82) is 0 Å². The molecule has 35 heavy (non-hydrogen) atoms. The summed E-state index contributed by atoms with van der Waals surface area (Å²) in [6.07, 6.45) is 5.32. The minimum atomic E-state index is -3.93. The molecule has 0 aromatic heterocycles. The summed E-state index contributed by atoms with van der Waals surface area (Å²) >= 11 is 0. The van der Waals surface area contributed by atoms with Crippen LogP contribution in [0.2, 0.25) is 0 Å². The zero-order chi connectivity index (χ0) is 24.8. The van der Waals surface area contributed by atoms with Gasteiger partial charge in [-0.05, 0) is 42.3 Å². The van der Waals surface area contributed by atoms with E-state index in [0.29, 0.717) is 34.0 Å². The predicted molar refractivity (Wildman–Crippen MR) is 140 cm³/mol. The second-order valence-corrected chi connectivity index (χ2v) is 10.5. The Morgan fingerprint density at radius 3 is 2.31 bits per heavy atom. The Balaban J connectivity index is 1.68. The van der Waals surface area contributed by atoms with Crippen LogP contribution in [0.4, 0.5) is 5.69 Å². The molecular weight excluding hydrogens is 462 g/mol. The number of nitrogens with one attached hydrogen (secondary N) is 1. The van der Waals surface area contributed by atoms with Crippen LogP contribution in [-0.2, 0) is 14.8 Å². The number of fused-ring (bicyclic) bond motifs is 2. The second kappa shape index (κ2) is 8.45. The largest absolute Gasteiger partial charge is 0.507 e. The minimum absolute atomic E-state index is 0.0140. The fourth-order valence-corrected chi connectivity index (χ4v) is 5.56. The fourth-order valence-electron chi connectivity index (χ4n) is 4.43. The molecule has 0 bridgehead atoms. The molecule has 0 heterocycles. The molecule has 7 heteroatoms. The molecule has 3 N–H and O–H groups in total. The smallest absolute Gasteiger partial charge is 0.261 e. The topological polar surface area (TPSA) is 95.9 Å². The normalized spacial score (nSPS) is 18.1. The third-order valence-corrected chi connectivity index (χ3v) is 7.93. The molecule has 4 aromatic carbocycles. The molecule has 1 aliphatic rings. The molecule has 1 unspecified atom stereocenters. The summed E-state index contributed by atoms with van der Waals surface area (Å²) in [7, 11) is -2.34. The number of phenolic OH excluding ortho intramolecular Hbond substituents is 2. The first-order valence-electron chi connectivity index (χ1n) is 11.2. The minimum Gasteiger partial charge on any atom is -0.507 e. The molecule has 178 valence electrons. The molecule has 0 fully saturated rings. The van der Waals surface area contributed by atoms with Crippen molar-refractivity contribution in [2.24, 2.45) is 0 Å². The van der Waals surface area contributed by atoms with Crippen LogP contribution >= 0.6 is 0 Å². The molecule has 0 saturated heterocycles. The highest BCUT2D eigenvalue weighted by Gasteiger charge is 2.27. The van der Waals surface area contributed by atoms with Gasteiger partial charge in [-0.15, -0.1) is 0 Å². The SMILES string of the molecule is COC1(C)C=CC(S(=O)(=O)Nc2cc(-c3c(O)ccc4ccccc34)c(O)c3ccccc23)=CC1. The van der Waals surface area contributed by atoms with Crippen molar-refractivity contribution < 1.29 is 23.4 Å². The van der Waals surface area contributed by atoms with Gasteiger partial charge in [0, 0.05) is 29.0 Å². The first kappa shape index (κ1) is 23.0. The van der Waals surface area contributed by atoms with Crippen LogP contribution in [0.3, 0.4) is 0 Å². The van der Waals surface area contributed by atoms with E-state index in [9.17, 15) is 18.6 Å². The van der Waals surface area contributed by atoms with Crippen LogP contribution < -0.4 is 4.72 Å². The van der Waals surface area contributed by atoms with Gasteiger partial charge >= 0.3 is 0 Å². The lowest BCUT2D eigenvalue weighted by atomic mass is 9.93. The monoisotopic (exact) mass is 487 g/mol. The molecule has 0 radical (unpaired) electrons. The second-order valence-electron chi connectivity index (χ2n) is 8.81. The highest BCUT2D eigenvalue weighted by molar-refractivity contribution is 7.96. The summed E-state index contributed by atoms with van der Waals surface area (Å²) in [6.45, 7) is 1.88. The van der Waals surface area contributed by atoms with Gasteiger partial charge in [-0.1, -0.05) is 66.7 Å². The summed E-state index contributed by atoms with van der Waals surface area (Å²) in [6, 6.07) is 19.5. The van der Waals surface area contributed by atoms with Gasteiger partial charge in [0.05, 0.1) is 16.2 Å². The first-order chi connectivity index (χ1) is 16.7. The van der Waals surface area contributed by atoms with E-state index in [2.05, 4.69) is 4.72 Å². The van der Waals surface area contributed by atoms with E-state index in [-0.39, 0.29) is 16.4 Å². The Morgan fingerprint density at radius 2 is 1.63 bits per heavy atom. The van der Waals surface area contributed by atoms with Gasteiger partial charge in [-0.2, -0.15) is 0 Å². The van der Waals surface area contributed by atoms with Crippen molar-refractivity contribution >= 4 is 37.3 Å². The maximum atomic E-state index is 13.3. The number of anilines is 1. The number of hydrogen-bond donors (Lipinski definition) is 3. The molecule has 0 amide bonds. The van der Waals surface area contributed by atoms with E-state index in [1.807, 2.05) is 31.2 Å². The van der Waals surface area contributed by atoms with Crippen LogP contribution in [0.5, 0.6) is 11.5 Å². The summed E-state index contributed by atoms with van der Waals surface area (Å²) in [5.74, 6) is -0.0531. The summed E-state index contributed by atoms with van der Waals surface area (Å²) in [5.41, 5.74) is 0.508. The molecule has 0 saturated carbocycles. The fraction of sp³-hybridized carbons (Fsp3) is 0.143. The highest BCUT2D eigenvalue weighted by atomic mass is 32.2.